The van der Waals surface area contributed by atoms with Crippen molar-refractivity contribution >= 4 is 11.8 Å². The quantitative estimate of drug-likeness (QED) is 0.804. The number of ether oxygens (including phenoxy) is 2. The SMILES string of the molecule is CC1(C(=O)N2CCC([C@H]3OCC[C@@H]3C(N)=O)CC2)COC1. The van der Waals surface area contributed by atoms with Crippen molar-refractivity contribution in [2.45, 2.75) is 32.3 Å². The van der Waals surface area contributed by atoms with Gasteiger partial charge in [0.05, 0.1) is 30.7 Å². The second-order valence-electron chi connectivity index (χ2n) is 6.82. The highest BCUT2D eigenvalue weighted by Crippen LogP contribution is 2.35. The molecule has 0 spiro atoms. The van der Waals surface area contributed by atoms with Crippen LogP contribution < -0.4 is 5.73 Å². The molecule has 2 amide bonds. The van der Waals surface area contributed by atoms with Crippen molar-refractivity contribution in [2.24, 2.45) is 23.0 Å². The lowest BCUT2D eigenvalue weighted by Crippen LogP contribution is -2.55. The Bertz CT molecular complexity index is 427. The molecule has 0 aromatic carbocycles. The lowest BCUT2D eigenvalue weighted by Gasteiger charge is -2.43. The van der Waals surface area contributed by atoms with Gasteiger partial charge in [-0.05, 0) is 32.1 Å². The molecule has 2 N–H and O–H groups in total. The van der Waals surface area contributed by atoms with Gasteiger partial charge in [0.2, 0.25) is 11.8 Å². The van der Waals surface area contributed by atoms with E-state index in [4.69, 9.17) is 15.2 Å². The zero-order valence-electron chi connectivity index (χ0n) is 12.5. The monoisotopic (exact) mass is 296 g/mol. The molecule has 0 radical (unpaired) electrons. The van der Waals surface area contributed by atoms with Gasteiger partial charge in [0.1, 0.15) is 0 Å². The topological polar surface area (TPSA) is 81.9 Å². The van der Waals surface area contributed by atoms with Crippen LogP contribution in [0.2, 0.25) is 0 Å². The summed E-state index contributed by atoms with van der Waals surface area (Å²) in [5.41, 5.74) is 5.13. The molecular weight excluding hydrogens is 272 g/mol. The predicted octanol–water partition coefficient (Wildman–Crippen LogP) is 0.152. The van der Waals surface area contributed by atoms with E-state index >= 15 is 0 Å². The minimum absolute atomic E-state index is 0.0534. The van der Waals surface area contributed by atoms with Crippen molar-refractivity contribution in [1.29, 1.82) is 0 Å². The number of carbonyl (C=O) groups excluding carboxylic acids is 2. The van der Waals surface area contributed by atoms with E-state index in [-0.39, 0.29) is 29.3 Å². The molecule has 6 heteroatoms. The third-order valence-corrected chi connectivity index (χ3v) is 5.15. The number of primary amides is 1. The first-order chi connectivity index (χ1) is 10.0. The fraction of sp³-hybridized carbons (Fsp3) is 0.867. The molecule has 2 atom stereocenters. The van der Waals surface area contributed by atoms with Crippen molar-refractivity contribution in [2.75, 3.05) is 32.9 Å². The molecule has 3 aliphatic rings. The Balaban J connectivity index is 1.55. The zero-order chi connectivity index (χ0) is 15.0. The van der Waals surface area contributed by atoms with E-state index in [9.17, 15) is 9.59 Å². The number of likely N-dealkylation sites (tertiary alicyclic amines) is 1. The molecule has 0 saturated carbocycles. The Hall–Kier alpha value is -1.14. The Labute approximate surface area is 124 Å². The first-order valence-electron chi connectivity index (χ1n) is 7.79. The van der Waals surface area contributed by atoms with Crippen molar-refractivity contribution in [3.8, 4) is 0 Å². The van der Waals surface area contributed by atoms with Gasteiger partial charge >= 0.3 is 0 Å². The van der Waals surface area contributed by atoms with Gasteiger partial charge in [-0.25, -0.2) is 0 Å². The summed E-state index contributed by atoms with van der Waals surface area (Å²) in [6.45, 7) is 5.12. The largest absolute Gasteiger partial charge is 0.379 e. The third kappa shape index (κ3) is 2.66. The molecule has 118 valence electrons. The van der Waals surface area contributed by atoms with Crippen LogP contribution in [0.3, 0.4) is 0 Å². The summed E-state index contributed by atoms with van der Waals surface area (Å²) in [6.07, 6.45) is 2.45. The zero-order valence-corrected chi connectivity index (χ0v) is 12.5. The van der Waals surface area contributed by atoms with Crippen molar-refractivity contribution in [3.05, 3.63) is 0 Å². The minimum Gasteiger partial charge on any atom is -0.379 e. The number of nitrogens with zero attached hydrogens (tertiary/aromatic N) is 1. The third-order valence-electron chi connectivity index (χ3n) is 5.15. The van der Waals surface area contributed by atoms with E-state index in [1.54, 1.807) is 0 Å². The van der Waals surface area contributed by atoms with Crippen LogP contribution in [0.5, 0.6) is 0 Å². The molecule has 0 aliphatic carbocycles. The highest BCUT2D eigenvalue weighted by Gasteiger charge is 2.45. The van der Waals surface area contributed by atoms with Gasteiger partial charge in [-0.15, -0.1) is 0 Å². The number of nitrogens with two attached hydrogens (primary N) is 1. The first kappa shape index (κ1) is 14.8. The van der Waals surface area contributed by atoms with Crippen LogP contribution in [0, 0.1) is 17.3 Å². The standard InChI is InChI=1S/C15H24N2O4/c1-15(8-20-9-15)14(19)17-5-2-10(3-6-17)12-11(13(16)18)4-7-21-12/h10-12H,2-9H2,1H3,(H2,16,18)/t11-,12+/m0/s1. The second-order valence-corrected chi connectivity index (χ2v) is 6.82. The van der Waals surface area contributed by atoms with E-state index in [0.717, 1.165) is 32.4 Å². The van der Waals surface area contributed by atoms with Crippen molar-refractivity contribution < 1.29 is 19.1 Å². The fourth-order valence-corrected chi connectivity index (χ4v) is 3.72. The Kier molecular flexibility index (Phi) is 3.92. The first-order valence-corrected chi connectivity index (χ1v) is 7.79. The summed E-state index contributed by atoms with van der Waals surface area (Å²) in [6, 6.07) is 0. The second kappa shape index (κ2) is 5.57. The van der Waals surface area contributed by atoms with Crippen LogP contribution in [-0.2, 0) is 19.1 Å². The van der Waals surface area contributed by atoms with E-state index in [2.05, 4.69) is 0 Å². The fourth-order valence-electron chi connectivity index (χ4n) is 3.72. The lowest BCUT2D eigenvalue weighted by atomic mass is 9.82. The number of amides is 2. The Morgan fingerprint density at radius 2 is 1.86 bits per heavy atom. The van der Waals surface area contributed by atoms with Gasteiger partial charge in [-0.2, -0.15) is 0 Å². The van der Waals surface area contributed by atoms with E-state index < -0.39 is 0 Å². The molecule has 3 rings (SSSR count). The molecule has 0 unspecified atom stereocenters. The van der Waals surface area contributed by atoms with Crippen LogP contribution in [0.4, 0.5) is 0 Å². The number of rotatable bonds is 3. The van der Waals surface area contributed by atoms with Gasteiger partial charge < -0.3 is 20.1 Å². The van der Waals surface area contributed by atoms with Crippen molar-refractivity contribution in [1.82, 2.24) is 4.90 Å². The normalized spacial score (nSPS) is 32.7. The number of carbonyl (C=O) groups is 2. The average Bonchev–Trinajstić information content (AvgIpc) is 2.94. The van der Waals surface area contributed by atoms with Gasteiger partial charge in [0.15, 0.2) is 0 Å². The van der Waals surface area contributed by atoms with Crippen LogP contribution in [0.25, 0.3) is 0 Å². The van der Waals surface area contributed by atoms with Crippen LogP contribution >= 0.6 is 0 Å². The van der Waals surface area contributed by atoms with E-state index in [1.165, 1.54) is 0 Å². The smallest absolute Gasteiger partial charge is 0.233 e. The molecule has 0 aromatic heterocycles. The number of hydrogen-bond donors (Lipinski definition) is 1. The summed E-state index contributed by atoms with van der Waals surface area (Å²) >= 11 is 0. The molecule has 21 heavy (non-hydrogen) atoms. The maximum Gasteiger partial charge on any atom is 0.233 e. The minimum atomic E-state index is -0.327. The average molecular weight is 296 g/mol. The van der Waals surface area contributed by atoms with E-state index in [1.807, 2.05) is 11.8 Å². The molecule has 3 fully saturated rings. The molecule has 3 heterocycles. The summed E-state index contributed by atoms with van der Waals surface area (Å²) < 4.78 is 10.9. The summed E-state index contributed by atoms with van der Waals surface area (Å²) in [7, 11) is 0. The lowest BCUT2D eigenvalue weighted by molar-refractivity contribution is -0.170. The molecule has 3 aliphatic heterocycles. The van der Waals surface area contributed by atoms with Gasteiger partial charge in [0, 0.05) is 19.7 Å². The van der Waals surface area contributed by atoms with Gasteiger partial charge in [-0.3, -0.25) is 9.59 Å². The van der Waals surface area contributed by atoms with Crippen LogP contribution in [-0.4, -0.2) is 55.7 Å². The number of hydrogen-bond acceptors (Lipinski definition) is 4. The molecule has 3 saturated heterocycles. The number of piperidine rings is 1. The summed E-state index contributed by atoms with van der Waals surface area (Å²) in [5, 5.41) is 0. The Morgan fingerprint density at radius 3 is 2.38 bits per heavy atom. The highest BCUT2D eigenvalue weighted by molar-refractivity contribution is 5.83. The Morgan fingerprint density at radius 1 is 1.19 bits per heavy atom. The van der Waals surface area contributed by atoms with Gasteiger partial charge in [0.25, 0.3) is 0 Å². The highest BCUT2D eigenvalue weighted by atomic mass is 16.5. The molecule has 0 bridgehead atoms. The summed E-state index contributed by atoms with van der Waals surface area (Å²) in [4.78, 5) is 25.8. The maximum atomic E-state index is 12.4. The van der Waals surface area contributed by atoms with Crippen LogP contribution in [0.15, 0.2) is 0 Å². The predicted molar refractivity (Wildman–Crippen MR) is 75.3 cm³/mol. The molecule has 6 nitrogen and oxygen atoms in total. The maximum absolute atomic E-state index is 12.4. The molecule has 0 aromatic rings. The molecular formula is C15H24N2O4. The van der Waals surface area contributed by atoms with Crippen LogP contribution in [0.1, 0.15) is 26.2 Å². The van der Waals surface area contributed by atoms with Gasteiger partial charge in [-0.1, -0.05) is 0 Å². The van der Waals surface area contributed by atoms with E-state index in [0.29, 0.717) is 25.7 Å². The summed E-state index contributed by atoms with van der Waals surface area (Å²) in [5.74, 6) is 0.121. The van der Waals surface area contributed by atoms with Crippen molar-refractivity contribution in [3.63, 3.8) is 0 Å².